The molecule has 0 aliphatic carbocycles. The Kier molecular flexibility index (Phi) is 4.69. The number of carbonyl (C=O) groups excluding carboxylic acids is 2. The summed E-state index contributed by atoms with van der Waals surface area (Å²) in [5, 5.41) is 2.62. The van der Waals surface area contributed by atoms with Crippen LogP contribution >= 0.6 is 11.3 Å². The van der Waals surface area contributed by atoms with Crippen molar-refractivity contribution in [2.24, 2.45) is 0 Å². The second kappa shape index (κ2) is 5.82. The molecule has 0 aliphatic rings. The van der Waals surface area contributed by atoms with E-state index in [0.717, 1.165) is 10.4 Å². The van der Waals surface area contributed by atoms with Gasteiger partial charge in [-0.2, -0.15) is 0 Å². The van der Waals surface area contributed by atoms with Gasteiger partial charge in [0.15, 0.2) is 0 Å². The van der Waals surface area contributed by atoms with E-state index in [4.69, 9.17) is 4.74 Å². The molecule has 0 bridgehead atoms. The Bertz CT molecular complexity index is 406. The highest BCUT2D eigenvalue weighted by atomic mass is 32.1. The SMILES string of the molecule is CCOC(=O)C(C)NC(=O)c1cc(C)c(C)s1. The monoisotopic (exact) mass is 255 g/mol. The Labute approximate surface area is 105 Å². The molecule has 0 fully saturated rings. The second-order valence-corrected chi connectivity index (χ2v) is 5.05. The van der Waals surface area contributed by atoms with E-state index in [1.54, 1.807) is 13.8 Å². The van der Waals surface area contributed by atoms with Gasteiger partial charge in [0.1, 0.15) is 6.04 Å². The normalized spacial score (nSPS) is 12.0. The number of ether oxygens (including phenoxy) is 1. The average Bonchev–Trinajstić information content (AvgIpc) is 2.59. The van der Waals surface area contributed by atoms with Crippen molar-refractivity contribution in [1.29, 1.82) is 0 Å². The highest BCUT2D eigenvalue weighted by molar-refractivity contribution is 7.14. The molecule has 0 aromatic carbocycles. The molecule has 1 aromatic rings. The summed E-state index contributed by atoms with van der Waals surface area (Å²) in [6, 6.07) is 1.21. The smallest absolute Gasteiger partial charge is 0.328 e. The maximum Gasteiger partial charge on any atom is 0.328 e. The van der Waals surface area contributed by atoms with E-state index in [9.17, 15) is 9.59 Å². The molecule has 17 heavy (non-hydrogen) atoms. The van der Waals surface area contributed by atoms with Crippen LogP contribution < -0.4 is 5.32 Å². The van der Waals surface area contributed by atoms with Gasteiger partial charge >= 0.3 is 5.97 Å². The molecule has 1 atom stereocenters. The van der Waals surface area contributed by atoms with E-state index in [-0.39, 0.29) is 5.91 Å². The zero-order chi connectivity index (χ0) is 13.0. The molecule has 0 saturated heterocycles. The predicted octanol–water partition coefficient (Wildman–Crippen LogP) is 2.05. The minimum Gasteiger partial charge on any atom is -0.464 e. The average molecular weight is 255 g/mol. The molecule has 1 unspecified atom stereocenters. The first kappa shape index (κ1) is 13.7. The van der Waals surface area contributed by atoms with Crippen LogP contribution in [0.4, 0.5) is 0 Å². The van der Waals surface area contributed by atoms with Crippen LogP contribution in [0.1, 0.15) is 34.0 Å². The summed E-state index contributed by atoms with van der Waals surface area (Å²) in [7, 11) is 0. The fraction of sp³-hybridized carbons (Fsp3) is 0.500. The van der Waals surface area contributed by atoms with Gasteiger partial charge in [0.2, 0.25) is 0 Å². The van der Waals surface area contributed by atoms with Crippen LogP contribution in [0.25, 0.3) is 0 Å². The summed E-state index contributed by atoms with van der Waals surface area (Å²) in [6.45, 7) is 7.58. The number of aryl methyl sites for hydroxylation is 2. The van der Waals surface area contributed by atoms with Crippen LogP contribution in [0.3, 0.4) is 0 Å². The summed E-state index contributed by atoms with van der Waals surface area (Å²) in [4.78, 5) is 24.9. The zero-order valence-electron chi connectivity index (χ0n) is 10.5. The number of hydrogen-bond donors (Lipinski definition) is 1. The van der Waals surface area contributed by atoms with Gasteiger partial charge in [-0.1, -0.05) is 0 Å². The van der Waals surface area contributed by atoms with Crippen molar-refractivity contribution in [3.8, 4) is 0 Å². The van der Waals surface area contributed by atoms with E-state index in [0.29, 0.717) is 11.5 Å². The van der Waals surface area contributed by atoms with Gasteiger partial charge in [-0.05, 0) is 39.3 Å². The first-order chi connectivity index (χ1) is 7.95. The van der Waals surface area contributed by atoms with Crippen molar-refractivity contribution >= 4 is 23.2 Å². The number of carbonyl (C=O) groups is 2. The highest BCUT2D eigenvalue weighted by Gasteiger charge is 2.18. The van der Waals surface area contributed by atoms with E-state index < -0.39 is 12.0 Å². The number of nitrogens with one attached hydrogen (secondary N) is 1. The molecule has 1 amide bonds. The minimum absolute atomic E-state index is 0.230. The lowest BCUT2D eigenvalue weighted by atomic mass is 10.2. The topological polar surface area (TPSA) is 55.4 Å². The summed E-state index contributed by atoms with van der Waals surface area (Å²) in [5.41, 5.74) is 1.09. The number of thiophene rings is 1. The minimum atomic E-state index is -0.620. The number of rotatable bonds is 4. The summed E-state index contributed by atoms with van der Waals surface area (Å²) in [6.07, 6.45) is 0. The maximum absolute atomic E-state index is 11.8. The lowest BCUT2D eigenvalue weighted by molar-refractivity contribution is -0.144. The third-order valence-electron chi connectivity index (χ3n) is 2.38. The molecule has 4 nitrogen and oxygen atoms in total. The molecule has 0 radical (unpaired) electrons. The lowest BCUT2D eigenvalue weighted by Crippen LogP contribution is -2.39. The van der Waals surface area contributed by atoms with E-state index >= 15 is 0 Å². The maximum atomic E-state index is 11.8. The fourth-order valence-electron chi connectivity index (χ4n) is 1.28. The largest absolute Gasteiger partial charge is 0.464 e. The Hall–Kier alpha value is -1.36. The highest BCUT2D eigenvalue weighted by Crippen LogP contribution is 2.20. The van der Waals surface area contributed by atoms with Crippen LogP contribution in [0.2, 0.25) is 0 Å². The van der Waals surface area contributed by atoms with Crippen molar-refractivity contribution in [3.63, 3.8) is 0 Å². The molecule has 1 heterocycles. The predicted molar refractivity (Wildman–Crippen MR) is 67.4 cm³/mol. The van der Waals surface area contributed by atoms with Crippen molar-refractivity contribution in [2.75, 3.05) is 6.61 Å². The first-order valence-electron chi connectivity index (χ1n) is 5.50. The molecule has 1 N–H and O–H groups in total. The number of esters is 1. The number of amides is 1. The van der Waals surface area contributed by atoms with Gasteiger partial charge < -0.3 is 10.1 Å². The van der Waals surface area contributed by atoms with Gasteiger partial charge in [0, 0.05) is 4.88 Å². The fourth-order valence-corrected chi connectivity index (χ4v) is 2.22. The molecule has 1 rings (SSSR count). The molecule has 0 spiro atoms. The summed E-state index contributed by atoms with van der Waals surface area (Å²) < 4.78 is 4.82. The van der Waals surface area contributed by atoms with Crippen molar-refractivity contribution < 1.29 is 14.3 Å². The van der Waals surface area contributed by atoms with Crippen LogP contribution in [0.5, 0.6) is 0 Å². The Morgan fingerprint density at radius 2 is 2.12 bits per heavy atom. The third-order valence-corrected chi connectivity index (χ3v) is 3.53. The first-order valence-corrected chi connectivity index (χ1v) is 6.31. The van der Waals surface area contributed by atoms with Crippen molar-refractivity contribution in [3.05, 3.63) is 21.4 Å². The van der Waals surface area contributed by atoms with Crippen LogP contribution in [0, 0.1) is 13.8 Å². The van der Waals surface area contributed by atoms with Crippen LogP contribution in [-0.4, -0.2) is 24.5 Å². The Morgan fingerprint density at radius 3 is 2.59 bits per heavy atom. The zero-order valence-corrected chi connectivity index (χ0v) is 11.3. The van der Waals surface area contributed by atoms with E-state index in [1.807, 2.05) is 19.9 Å². The molecular formula is C12H17NO3S. The van der Waals surface area contributed by atoms with Gasteiger partial charge in [-0.3, -0.25) is 4.79 Å². The van der Waals surface area contributed by atoms with Gasteiger partial charge in [-0.15, -0.1) is 11.3 Å². The second-order valence-electron chi connectivity index (χ2n) is 3.80. The van der Waals surface area contributed by atoms with Crippen molar-refractivity contribution in [2.45, 2.75) is 33.7 Å². The van der Waals surface area contributed by atoms with E-state index in [2.05, 4.69) is 5.32 Å². The molecule has 1 aromatic heterocycles. The molecule has 0 saturated carbocycles. The molecule has 0 aliphatic heterocycles. The van der Waals surface area contributed by atoms with Gasteiger partial charge in [0.25, 0.3) is 5.91 Å². The molecular weight excluding hydrogens is 238 g/mol. The van der Waals surface area contributed by atoms with Gasteiger partial charge in [-0.25, -0.2) is 4.79 Å². The quantitative estimate of drug-likeness (QED) is 0.838. The Morgan fingerprint density at radius 1 is 1.47 bits per heavy atom. The standard InChI is InChI=1S/C12H17NO3S/c1-5-16-12(15)8(3)13-11(14)10-6-7(2)9(4)17-10/h6,8H,5H2,1-4H3,(H,13,14). The van der Waals surface area contributed by atoms with Gasteiger partial charge in [0.05, 0.1) is 11.5 Å². The van der Waals surface area contributed by atoms with Crippen LogP contribution in [-0.2, 0) is 9.53 Å². The molecule has 5 heteroatoms. The summed E-state index contributed by atoms with van der Waals surface area (Å²) >= 11 is 1.43. The lowest BCUT2D eigenvalue weighted by Gasteiger charge is -2.11. The Balaban J connectivity index is 2.63. The van der Waals surface area contributed by atoms with E-state index in [1.165, 1.54) is 11.3 Å². The molecule has 94 valence electrons. The van der Waals surface area contributed by atoms with Crippen molar-refractivity contribution in [1.82, 2.24) is 5.32 Å². The van der Waals surface area contributed by atoms with Crippen LogP contribution in [0.15, 0.2) is 6.07 Å². The number of hydrogen-bond acceptors (Lipinski definition) is 4. The summed E-state index contributed by atoms with van der Waals surface area (Å²) in [5.74, 6) is -0.641. The third kappa shape index (κ3) is 3.56.